The fourth-order valence-corrected chi connectivity index (χ4v) is 3.35. The number of nitrogens with zero attached hydrogens (tertiary/aromatic N) is 4. The van der Waals surface area contributed by atoms with Crippen LogP contribution in [0.5, 0.6) is 0 Å². The van der Waals surface area contributed by atoms with Gasteiger partial charge in [-0.3, -0.25) is 14.6 Å². The van der Waals surface area contributed by atoms with Gasteiger partial charge in [0.05, 0.1) is 23.1 Å². The molecule has 2 N–H and O–H groups in total. The fraction of sp³-hybridized carbons (Fsp3) is 0.0455. The molecule has 0 unspecified atom stereocenters. The number of rotatable bonds is 4. The highest BCUT2D eigenvalue weighted by molar-refractivity contribution is 5.98. The number of aromatic amines is 1. The maximum absolute atomic E-state index is 13.3. The minimum Gasteiger partial charge on any atom is -0.346 e. The number of carbonyl (C=O) groups is 1. The smallest absolute Gasteiger partial charge is 0.281 e. The molecule has 2 aromatic carbocycles. The van der Waals surface area contributed by atoms with Crippen molar-refractivity contribution in [2.24, 2.45) is 0 Å². The molecule has 3 aromatic heterocycles. The third-order valence-electron chi connectivity index (χ3n) is 4.90. The quantitative estimate of drug-likeness (QED) is 0.471. The molecule has 0 saturated heterocycles. The molecule has 0 atom stereocenters. The third kappa shape index (κ3) is 3.42. The molecule has 31 heavy (non-hydrogen) atoms. The standard InChI is InChI=1S/C22H15FN6O2/c23-15-7-4-13(5-8-15)19-20-26-22(31)17-9-6-14(11-18(17)29(20)28-27-19)21(30)25-12-16-3-1-2-10-24-16/h1-11,28H,12H2,(H,25,30). The van der Waals surface area contributed by atoms with E-state index in [9.17, 15) is 14.0 Å². The van der Waals surface area contributed by atoms with Gasteiger partial charge >= 0.3 is 0 Å². The van der Waals surface area contributed by atoms with Crippen molar-refractivity contribution in [3.63, 3.8) is 0 Å². The van der Waals surface area contributed by atoms with E-state index in [1.807, 2.05) is 12.1 Å². The molecular weight excluding hydrogens is 399 g/mol. The lowest BCUT2D eigenvalue weighted by molar-refractivity contribution is 0.0950. The van der Waals surface area contributed by atoms with Crippen molar-refractivity contribution in [3.05, 3.63) is 94.3 Å². The lowest BCUT2D eigenvalue weighted by Gasteiger charge is -2.07. The zero-order valence-electron chi connectivity index (χ0n) is 16.0. The topological polar surface area (TPSA) is 105 Å². The van der Waals surface area contributed by atoms with Crippen molar-refractivity contribution in [1.29, 1.82) is 0 Å². The molecule has 0 aliphatic carbocycles. The molecule has 0 fully saturated rings. The van der Waals surface area contributed by atoms with E-state index in [1.54, 1.807) is 42.6 Å². The van der Waals surface area contributed by atoms with Gasteiger partial charge in [-0.15, -0.1) is 0 Å². The minimum atomic E-state index is -0.444. The van der Waals surface area contributed by atoms with Crippen molar-refractivity contribution < 1.29 is 9.18 Å². The van der Waals surface area contributed by atoms with Crippen LogP contribution in [0.25, 0.3) is 27.8 Å². The summed E-state index contributed by atoms with van der Waals surface area (Å²) in [4.78, 5) is 33.5. The molecule has 3 heterocycles. The van der Waals surface area contributed by atoms with Gasteiger partial charge in [0, 0.05) is 17.3 Å². The first-order chi connectivity index (χ1) is 15.1. The van der Waals surface area contributed by atoms with E-state index in [0.717, 1.165) is 5.69 Å². The molecule has 9 heteroatoms. The Hall–Kier alpha value is -4.40. The summed E-state index contributed by atoms with van der Waals surface area (Å²) < 4.78 is 14.8. The third-order valence-corrected chi connectivity index (χ3v) is 4.90. The molecule has 5 rings (SSSR count). The number of aromatic nitrogens is 5. The number of benzene rings is 2. The highest BCUT2D eigenvalue weighted by Crippen LogP contribution is 2.23. The normalized spacial score (nSPS) is 11.1. The highest BCUT2D eigenvalue weighted by Gasteiger charge is 2.16. The van der Waals surface area contributed by atoms with Crippen LogP contribution in [-0.4, -0.2) is 30.7 Å². The Morgan fingerprint density at radius 1 is 1.10 bits per heavy atom. The first-order valence-corrected chi connectivity index (χ1v) is 9.45. The molecule has 0 saturated carbocycles. The molecule has 0 aliphatic heterocycles. The van der Waals surface area contributed by atoms with Crippen LogP contribution >= 0.6 is 0 Å². The molecule has 5 aromatic rings. The van der Waals surface area contributed by atoms with Gasteiger partial charge in [0.25, 0.3) is 11.5 Å². The number of fused-ring (bicyclic) bond motifs is 3. The summed E-state index contributed by atoms with van der Waals surface area (Å²) >= 11 is 0. The van der Waals surface area contributed by atoms with Crippen LogP contribution in [0.3, 0.4) is 0 Å². The van der Waals surface area contributed by atoms with Gasteiger partial charge in [0.15, 0.2) is 5.65 Å². The predicted octanol–water partition coefficient (Wildman–Crippen LogP) is 2.70. The zero-order chi connectivity index (χ0) is 21.4. The highest BCUT2D eigenvalue weighted by atomic mass is 19.1. The van der Waals surface area contributed by atoms with E-state index in [1.165, 1.54) is 16.6 Å². The largest absolute Gasteiger partial charge is 0.346 e. The second kappa shape index (κ2) is 7.45. The lowest BCUT2D eigenvalue weighted by atomic mass is 10.1. The van der Waals surface area contributed by atoms with Crippen LogP contribution in [0.15, 0.2) is 71.7 Å². The molecule has 0 spiro atoms. The summed E-state index contributed by atoms with van der Waals surface area (Å²) in [5, 5.41) is 10.2. The van der Waals surface area contributed by atoms with Crippen molar-refractivity contribution in [1.82, 2.24) is 30.1 Å². The predicted molar refractivity (Wildman–Crippen MR) is 112 cm³/mol. The molecule has 8 nitrogen and oxygen atoms in total. The summed E-state index contributed by atoms with van der Waals surface area (Å²) in [6.45, 7) is 0.280. The minimum absolute atomic E-state index is 0.280. The van der Waals surface area contributed by atoms with Gasteiger partial charge in [-0.25, -0.2) is 14.1 Å². The molecule has 0 radical (unpaired) electrons. The lowest BCUT2D eigenvalue weighted by Crippen LogP contribution is -2.23. The number of pyridine rings is 1. The van der Waals surface area contributed by atoms with E-state index in [2.05, 4.69) is 25.6 Å². The number of hydrogen-bond donors (Lipinski definition) is 2. The van der Waals surface area contributed by atoms with E-state index in [0.29, 0.717) is 27.7 Å². The Kier molecular flexibility index (Phi) is 4.47. The van der Waals surface area contributed by atoms with Crippen molar-refractivity contribution in [2.75, 3.05) is 0 Å². The van der Waals surface area contributed by atoms with Crippen LogP contribution in [0, 0.1) is 5.82 Å². The summed E-state index contributed by atoms with van der Waals surface area (Å²) in [7, 11) is 0. The van der Waals surface area contributed by atoms with Crippen molar-refractivity contribution >= 4 is 22.5 Å². The van der Waals surface area contributed by atoms with Gasteiger partial charge < -0.3 is 5.32 Å². The van der Waals surface area contributed by atoms with Crippen molar-refractivity contribution in [2.45, 2.75) is 6.54 Å². The Morgan fingerprint density at radius 2 is 1.94 bits per heavy atom. The van der Waals surface area contributed by atoms with E-state index >= 15 is 0 Å². The average Bonchev–Trinajstić information content (AvgIpc) is 3.22. The van der Waals surface area contributed by atoms with Crippen LogP contribution in [0.4, 0.5) is 4.39 Å². The van der Waals surface area contributed by atoms with Crippen LogP contribution in [-0.2, 0) is 6.54 Å². The van der Waals surface area contributed by atoms with Gasteiger partial charge in [-0.1, -0.05) is 6.07 Å². The van der Waals surface area contributed by atoms with Crippen LogP contribution < -0.4 is 10.9 Å². The van der Waals surface area contributed by atoms with Crippen LogP contribution in [0.2, 0.25) is 0 Å². The number of nitrogens with one attached hydrogen (secondary N) is 2. The summed E-state index contributed by atoms with van der Waals surface area (Å²) in [6.07, 6.45) is 1.66. The van der Waals surface area contributed by atoms with Crippen molar-refractivity contribution in [3.8, 4) is 11.3 Å². The zero-order valence-corrected chi connectivity index (χ0v) is 16.0. The number of halogens is 1. The maximum Gasteiger partial charge on any atom is 0.281 e. The van der Waals surface area contributed by atoms with Gasteiger partial charge in [0.1, 0.15) is 11.5 Å². The number of H-pyrrole nitrogens is 1. The summed E-state index contributed by atoms with van der Waals surface area (Å²) in [5.41, 5.74) is 2.43. The van der Waals surface area contributed by atoms with Gasteiger partial charge in [0.2, 0.25) is 0 Å². The number of hydrogen-bond acceptors (Lipinski definition) is 5. The molecule has 1 amide bonds. The Labute approximate surface area is 174 Å². The Morgan fingerprint density at radius 3 is 2.71 bits per heavy atom. The second-order valence-corrected chi connectivity index (χ2v) is 6.88. The Bertz CT molecular complexity index is 1480. The number of amides is 1. The molecular formula is C22H15FN6O2. The first-order valence-electron chi connectivity index (χ1n) is 9.45. The summed E-state index contributed by atoms with van der Waals surface area (Å²) in [5.74, 6) is -0.677. The fourth-order valence-electron chi connectivity index (χ4n) is 3.35. The monoisotopic (exact) mass is 414 g/mol. The second-order valence-electron chi connectivity index (χ2n) is 6.88. The Balaban J connectivity index is 1.55. The average molecular weight is 414 g/mol. The van der Waals surface area contributed by atoms with E-state index in [4.69, 9.17) is 0 Å². The SMILES string of the molecule is O=C(NCc1ccccn1)c1ccc2c(=O)nc3c(-c4ccc(F)cc4)n[nH]n3c2c1. The summed E-state index contributed by atoms with van der Waals surface area (Å²) in [6, 6.07) is 15.9. The molecule has 152 valence electrons. The number of carbonyl (C=O) groups excluding carboxylic acids is 1. The van der Waals surface area contributed by atoms with E-state index in [-0.39, 0.29) is 23.9 Å². The first kappa shape index (κ1) is 18.6. The maximum atomic E-state index is 13.3. The molecule has 0 aliphatic rings. The van der Waals surface area contributed by atoms with Crippen LogP contribution in [0.1, 0.15) is 16.1 Å². The van der Waals surface area contributed by atoms with Gasteiger partial charge in [-0.2, -0.15) is 10.1 Å². The van der Waals surface area contributed by atoms with E-state index < -0.39 is 5.56 Å². The molecule has 0 bridgehead atoms. The van der Waals surface area contributed by atoms with Gasteiger partial charge in [-0.05, 0) is 54.6 Å².